The molecule has 0 aliphatic heterocycles. The van der Waals surface area contributed by atoms with Crippen LogP contribution in [0.4, 0.5) is 5.69 Å². The minimum atomic E-state index is -0.184. The average Bonchev–Trinajstić information content (AvgIpc) is 2.30. The van der Waals surface area contributed by atoms with Gasteiger partial charge in [-0.3, -0.25) is 4.79 Å². The van der Waals surface area contributed by atoms with Crippen molar-refractivity contribution < 1.29 is 9.90 Å². The Balaban J connectivity index is 2.55. The normalized spacial score (nSPS) is 12.2. The number of hydrogen-bond donors (Lipinski definition) is 3. The Labute approximate surface area is 106 Å². The van der Waals surface area contributed by atoms with Crippen molar-refractivity contribution in [2.75, 3.05) is 18.9 Å². The van der Waals surface area contributed by atoms with Crippen LogP contribution in [-0.4, -0.2) is 24.2 Å². The molecule has 0 heterocycles. The van der Waals surface area contributed by atoms with Gasteiger partial charge < -0.3 is 16.2 Å². The number of halogens is 1. The summed E-state index contributed by atoms with van der Waals surface area (Å²) < 4.78 is 0. The number of amides is 1. The van der Waals surface area contributed by atoms with Gasteiger partial charge >= 0.3 is 0 Å². The van der Waals surface area contributed by atoms with Crippen LogP contribution >= 0.6 is 11.6 Å². The molecule has 0 fully saturated rings. The fourth-order valence-electron chi connectivity index (χ4n) is 1.36. The van der Waals surface area contributed by atoms with Gasteiger partial charge in [-0.1, -0.05) is 18.5 Å². The maximum absolute atomic E-state index is 11.7. The second-order valence-electron chi connectivity index (χ2n) is 4.06. The van der Waals surface area contributed by atoms with E-state index in [1.165, 1.54) is 0 Å². The molecular formula is C12H17ClN2O2. The molecule has 1 aromatic rings. The van der Waals surface area contributed by atoms with Gasteiger partial charge in [0.2, 0.25) is 0 Å². The molecule has 0 bridgehead atoms. The van der Waals surface area contributed by atoms with Gasteiger partial charge in [0, 0.05) is 18.7 Å². The Bertz CT molecular complexity index is 396. The van der Waals surface area contributed by atoms with Crippen LogP contribution in [0.25, 0.3) is 0 Å². The molecule has 0 saturated carbocycles. The molecule has 0 aliphatic carbocycles. The van der Waals surface area contributed by atoms with Gasteiger partial charge in [0.15, 0.2) is 0 Å². The van der Waals surface area contributed by atoms with Gasteiger partial charge in [-0.05, 0) is 30.5 Å². The second kappa shape index (κ2) is 6.47. The van der Waals surface area contributed by atoms with Crippen molar-refractivity contribution in [2.24, 2.45) is 5.92 Å². The van der Waals surface area contributed by atoms with E-state index in [9.17, 15) is 4.79 Å². The van der Waals surface area contributed by atoms with Crippen molar-refractivity contribution in [1.29, 1.82) is 0 Å². The number of carbonyl (C=O) groups is 1. The van der Waals surface area contributed by atoms with Gasteiger partial charge in [0.05, 0.1) is 10.7 Å². The minimum absolute atomic E-state index is 0.130. The zero-order valence-corrected chi connectivity index (χ0v) is 10.5. The highest BCUT2D eigenvalue weighted by Gasteiger charge is 2.09. The van der Waals surface area contributed by atoms with Gasteiger partial charge in [-0.15, -0.1) is 0 Å². The zero-order chi connectivity index (χ0) is 12.8. The van der Waals surface area contributed by atoms with E-state index < -0.39 is 0 Å². The number of carbonyl (C=O) groups excluding carboxylic acids is 1. The first-order valence-corrected chi connectivity index (χ1v) is 5.86. The summed E-state index contributed by atoms with van der Waals surface area (Å²) in [6.07, 6.45) is 0.669. The van der Waals surface area contributed by atoms with Crippen molar-refractivity contribution in [2.45, 2.75) is 13.3 Å². The molecule has 94 valence electrons. The molecule has 17 heavy (non-hydrogen) atoms. The van der Waals surface area contributed by atoms with Crippen LogP contribution < -0.4 is 11.1 Å². The number of hydrogen-bond acceptors (Lipinski definition) is 3. The number of benzene rings is 1. The SMILES string of the molecule is CC(CCO)CNC(=O)c1ccc(N)c(Cl)c1. The summed E-state index contributed by atoms with van der Waals surface area (Å²) in [6.45, 7) is 2.62. The highest BCUT2D eigenvalue weighted by atomic mass is 35.5. The zero-order valence-electron chi connectivity index (χ0n) is 9.74. The minimum Gasteiger partial charge on any atom is -0.398 e. The van der Waals surface area contributed by atoms with Crippen molar-refractivity contribution in [3.05, 3.63) is 28.8 Å². The number of nitrogen functional groups attached to an aromatic ring is 1. The van der Waals surface area contributed by atoms with Gasteiger partial charge in [-0.2, -0.15) is 0 Å². The highest BCUT2D eigenvalue weighted by Crippen LogP contribution is 2.19. The predicted molar refractivity (Wildman–Crippen MR) is 69.1 cm³/mol. The number of aliphatic hydroxyl groups excluding tert-OH is 1. The summed E-state index contributed by atoms with van der Waals surface area (Å²) in [5, 5.41) is 11.9. The van der Waals surface area contributed by atoms with Crippen molar-refractivity contribution in [3.8, 4) is 0 Å². The Morgan fingerprint density at radius 1 is 1.59 bits per heavy atom. The van der Waals surface area contributed by atoms with Gasteiger partial charge in [0.1, 0.15) is 0 Å². The van der Waals surface area contributed by atoms with Crippen LogP contribution in [0.3, 0.4) is 0 Å². The fourth-order valence-corrected chi connectivity index (χ4v) is 1.54. The summed E-state index contributed by atoms with van der Waals surface area (Å²) in [6, 6.07) is 4.78. The topological polar surface area (TPSA) is 75.3 Å². The number of aliphatic hydroxyl groups is 1. The number of anilines is 1. The third-order valence-corrected chi connectivity index (χ3v) is 2.82. The Morgan fingerprint density at radius 2 is 2.29 bits per heavy atom. The molecule has 0 radical (unpaired) electrons. The first-order valence-electron chi connectivity index (χ1n) is 5.48. The monoisotopic (exact) mass is 256 g/mol. The third-order valence-electron chi connectivity index (χ3n) is 2.50. The van der Waals surface area contributed by atoms with E-state index in [0.29, 0.717) is 29.2 Å². The van der Waals surface area contributed by atoms with E-state index in [1.807, 2.05) is 6.92 Å². The Morgan fingerprint density at radius 3 is 2.88 bits per heavy atom. The summed E-state index contributed by atoms with van der Waals surface area (Å²) in [5.41, 5.74) is 6.50. The second-order valence-corrected chi connectivity index (χ2v) is 4.47. The van der Waals surface area contributed by atoms with Crippen molar-refractivity contribution in [3.63, 3.8) is 0 Å². The van der Waals surface area contributed by atoms with Crippen LogP contribution in [-0.2, 0) is 0 Å². The lowest BCUT2D eigenvalue weighted by molar-refractivity contribution is 0.0945. The largest absolute Gasteiger partial charge is 0.398 e. The molecule has 1 aromatic carbocycles. The number of rotatable bonds is 5. The van der Waals surface area contributed by atoms with E-state index >= 15 is 0 Å². The maximum atomic E-state index is 11.7. The van der Waals surface area contributed by atoms with Crippen LogP contribution in [0.1, 0.15) is 23.7 Å². The van der Waals surface area contributed by atoms with Gasteiger partial charge in [0.25, 0.3) is 5.91 Å². The molecule has 4 N–H and O–H groups in total. The van der Waals surface area contributed by atoms with E-state index in [-0.39, 0.29) is 18.4 Å². The van der Waals surface area contributed by atoms with Crippen molar-refractivity contribution in [1.82, 2.24) is 5.32 Å². The van der Waals surface area contributed by atoms with E-state index in [4.69, 9.17) is 22.4 Å². The quantitative estimate of drug-likeness (QED) is 0.702. The third kappa shape index (κ3) is 4.24. The molecule has 0 spiro atoms. The number of nitrogens with one attached hydrogen (secondary N) is 1. The first kappa shape index (κ1) is 13.8. The van der Waals surface area contributed by atoms with Crippen LogP contribution in [0.2, 0.25) is 5.02 Å². The molecule has 1 rings (SSSR count). The lowest BCUT2D eigenvalue weighted by Gasteiger charge is -2.11. The predicted octanol–water partition coefficient (Wildman–Crippen LogP) is 1.67. The van der Waals surface area contributed by atoms with Crippen LogP contribution in [0.15, 0.2) is 18.2 Å². The summed E-state index contributed by atoms with van der Waals surface area (Å²) >= 11 is 5.83. The molecule has 4 nitrogen and oxygen atoms in total. The van der Waals surface area contributed by atoms with Gasteiger partial charge in [-0.25, -0.2) is 0 Å². The molecule has 5 heteroatoms. The smallest absolute Gasteiger partial charge is 0.251 e. The highest BCUT2D eigenvalue weighted by molar-refractivity contribution is 6.33. The molecular weight excluding hydrogens is 240 g/mol. The number of nitrogens with two attached hydrogens (primary N) is 1. The average molecular weight is 257 g/mol. The summed E-state index contributed by atoms with van der Waals surface area (Å²) in [7, 11) is 0. The molecule has 1 atom stereocenters. The maximum Gasteiger partial charge on any atom is 0.251 e. The van der Waals surface area contributed by atoms with Crippen LogP contribution in [0.5, 0.6) is 0 Å². The summed E-state index contributed by atoms with van der Waals surface area (Å²) in [5.74, 6) is 0.0601. The van der Waals surface area contributed by atoms with Crippen LogP contribution in [0, 0.1) is 5.92 Å². The standard InChI is InChI=1S/C12H17ClN2O2/c1-8(4-5-16)7-15-12(17)9-2-3-11(14)10(13)6-9/h2-3,6,8,16H,4-5,7,14H2,1H3,(H,15,17). The lowest BCUT2D eigenvalue weighted by Crippen LogP contribution is -2.28. The fraction of sp³-hybridized carbons (Fsp3) is 0.417. The molecule has 1 unspecified atom stereocenters. The molecule has 0 aromatic heterocycles. The Hall–Kier alpha value is -1.26. The first-order chi connectivity index (χ1) is 8.04. The van der Waals surface area contributed by atoms with Crippen molar-refractivity contribution >= 4 is 23.2 Å². The van der Waals surface area contributed by atoms with E-state index in [2.05, 4.69) is 5.32 Å². The molecule has 1 amide bonds. The lowest BCUT2D eigenvalue weighted by atomic mass is 10.1. The van der Waals surface area contributed by atoms with E-state index in [1.54, 1.807) is 18.2 Å². The summed E-state index contributed by atoms with van der Waals surface area (Å²) in [4.78, 5) is 11.7. The molecule has 0 aliphatic rings. The van der Waals surface area contributed by atoms with E-state index in [0.717, 1.165) is 0 Å². The Kier molecular flexibility index (Phi) is 5.25. The molecule has 0 saturated heterocycles.